The Morgan fingerprint density at radius 3 is 2.92 bits per heavy atom. The Labute approximate surface area is 71.9 Å². The first-order valence-electron chi connectivity index (χ1n) is 4.10. The maximum atomic E-state index is 5.48. The molecule has 3 heteroatoms. The second kappa shape index (κ2) is 3.56. The van der Waals surface area contributed by atoms with E-state index >= 15 is 0 Å². The summed E-state index contributed by atoms with van der Waals surface area (Å²) in [5.74, 6) is 0.850. The second-order valence-electron chi connectivity index (χ2n) is 2.69. The van der Waals surface area contributed by atoms with Crippen molar-refractivity contribution in [3.05, 3.63) is 30.3 Å². The molecule has 2 rings (SSSR count). The topological polar surface area (TPSA) is 24.5 Å². The maximum Gasteiger partial charge on any atom is 0.149 e. The molecule has 12 heavy (non-hydrogen) atoms. The number of nitrogens with zero attached hydrogens (tertiary/aromatic N) is 1. The van der Waals surface area contributed by atoms with Gasteiger partial charge in [-0.1, -0.05) is 17.3 Å². The number of hydrogen-bond acceptors (Lipinski definition) is 3. The van der Waals surface area contributed by atoms with Crippen LogP contribution in [0.1, 0.15) is 6.42 Å². The molecule has 0 amide bonds. The summed E-state index contributed by atoms with van der Waals surface area (Å²) in [4.78, 5) is 5.48. The Kier molecular flexibility index (Phi) is 2.25. The van der Waals surface area contributed by atoms with Crippen molar-refractivity contribution >= 4 is 0 Å². The van der Waals surface area contributed by atoms with E-state index in [-0.39, 0.29) is 0 Å². The van der Waals surface area contributed by atoms with Crippen LogP contribution in [0.15, 0.2) is 24.3 Å². The van der Waals surface area contributed by atoms with Crippen molar-refractivity contribution in [3.8, 4) is 5.75 Å². The van der Waals surface area contributed by atoms with Crippen LogP contribution in [0.2, 0.25) is 0 Å². The SMILES string of the molecule is [c]1ccc(ON2CCCN2)cc1. The molecule has 1 radical (unpaired) electrons. The lowest BCUT2D eigenvalue weighted by molar-refractivity contribution is -0.0785. The quantitative estimate of drug-likeness (QED) is 0.703. The maximum absolute atomic E-state index is 5.48. The summed E-state index contributed by atoms with van der Waals surface area (Å²) >= 11 is 0. The summed E-state index contributed by atoms with van der Waals surface area (Å²) in [6.07, 6.45) is 1.14. The Morgan fingerprint density at radius 2 is 2.25 bits per heavy atom. The molecule has 63 valence electrons. The van der Waals surface area contributed by atoms with E-state index in [0.717, 1.165) is 25.3 Å². The average molecular weight is 163 g/mol. The smallest absolute Gasteiger partial charge is 0.149 e. The van der Waals surface area contributed by atoms with E-state index in [1.165, 1.54) is 0 Å². The Hall–Kier alpha value is -1.06. The zero-order valence-corrected chi connectivity index (χ0v) is 6.79. The molecule has 1 aliphatic rings. The monoisotopic (exact) mass is 163 g/mol. The van der Waals surface area contributed by atoms with E-state index < -0.39 is 0 Å². The number of nitrogens with one attached hydrogen (secondary N) is 1. The second-order valence-corrected chi connectivity index (χ2v) is 2.69. The van der Waals surface area contributed by atoms with Gasteiger partial charge in [0, 0.05) is 6.54 Å². The molecule has 0 spiro atoms. The lowest BCUT2D eigenvalue weighted by atomic mass is 10.3. The summed E-state index contributed by atoms with van der Waals surface area (Å²) in [7, 11) is 0. The first-order valence-corrected chi connectivity index (χ1v) is 4.10. The summed E-state index contributed by atoms with van der Waals surface area (Å²) in [5, 5.41) is 1.76. The zero-order valence-electron chi connectivity index (χ0n) is 6.79. The van der Waals surface area contributed by atoms with Crippen molar-refractivity contribution in [3.63, 3.8) is 0 Å². The molecular weight excluding hydrogens is 152 g/mol. The van der Waals surface area contributed by atoms with E-state index in [1.54, 1.807) is 5.17 Å². The number of hydrazine groups is 1. The fourth-order valence-electron chi connectivity index (χ4n) is 1.14. The molecule has 0 aromatic heterocycles. The van der Waals surface area contributed by atoms with Gasteiger partial charge in [0.15, 0.2) is 0 Å². The zero-order chi connectivity index (χ0) is 8.23. The first kappa shape index (κ1) is 7.58. The highest BCUT2D eigenvalue weighted by atomic mass is 16.7. The lowest BCUT2D eigenvalue weighted by Crippen LogP contribution is -2.33. The van der Waals surface area contributed by atoms with Crippen LogP contribution in [0.5, 0.6) is 5.75 Å². The van der Waals surface area contributed by atoms with Crippen molar-refractivity contribution in [1.82, 2.24) is 10.6 Å². The van der Waals surface area contributed by atoms with E-state index in [2.05, 4.69) is 11.5 Å². The molecule has 1 aromatic carbocycles. The molecule has 1 fully saturated rings. The molecule has 1 aliphatic heterocycles. The Bertz CT molecular complexity index is 232. The largest absolute Gasteiger partial charge is 0.391 e. The highest BCUT2D eigenvalue weighted by Crippen LogP contribution is 2.10. The van der Waals surface area contributed by atoms with Crippen LogP contribution in [0.25, 0.3) is 0 Å². The van der Waals surface area contributed by atoms with Crippen molar-refractivity contribution in [2.45, 2.75) is 6.42 Å². The molecule has 0 aliphatic carbocycles. The lowest BCUT2D eigenvalue weighted by Gasteiger charge is -2.15. The molecule has 0 atom stereocenters. The molecule has 0 unspecified atom stereocenters. The molecular formula is C9H11N2O. The normalized spacial score (nSPS) is 18.0. The van der Waals surface area contributed by atoms with Gasteiger partial charge in [-0.25, -0.2) is 5.43 Å². The molecule has 1 aromatic rings. The summed E-state index contributed by atoms with van der Waals surface area (Å²) in [6.45, 7) is 1.94. The molecule has 1 heterocycles. The van der Waals surface area contributed by atoms with Gasteiger partial charge in [-0.3, -0.25) is 0 Å². The highest BCUT2D eigenvalue weighted by Gasteiger charge is 2.11. The number of hydroxylamine groups is 1. The predicted octanol–water partition coefficient (Wildman–Crippen LogP) is 0.991. The summed E-state index contributed by atoms with van der Waals surface area (Å²) in [5.41, 5.74) is 3.11. The third kappa shape index (κ3) is 1.75. The van der Waals surface area contributed by atoms with Crippen molar-refractivity contribution in [2.75, 3.05) is 13.1 Å². The van der Waals surface area contributed by atoms with Crippen LogP contribution in [0.3, 0.4) is 0 Å². The van der Waals surface area contributed by atoms with Gasteiger partial charge in [-0.05, 0) is 24.6 Å². The predicted molar refractivity (Wildman–Crippen MR) is 45.2 cm³/mol. The molecule has 3 nitrogen and oxygen atoms in total. The van der Waals surface area contributed by atoms with Crippen LogP contribution in [0, 0.1) is 6.07 Å². The van der Waals surface area contributed by atoms with E-state index in [1.807, 2.05) is 24.3 Å². The minimum absolute atomic E-state index is 0.850. The van der Waals surface area contributed by atoms with Gasteiger partial charge in [-0.2, -0.15) is 0 Å². The van der Waals surface area contributed by atoms with Gasteiger partial charge in [0.1, 0.15) is 5.75 Å². The van der Waals surface area contributed by atoms with E-state index in [0.29, 0.717) is 0 Å². The summed E-state index contributed by atoms with van der Waals surface area (Å²) in [6, 6.07) is 10.4. The van der Waals surface area contributed by atoms with Crippen LogP contribution < -0.4 is 10.3 Å². The molecule has 0 bridgehead atoms. The van der Waals surface area contributed by atoms with Crippen molar-refractivity contribution in [2.24, 2.45) is 0 Å². The van der Waals surface area contributed by atoms with E-state index in [4.69, 9.17) is 4.84 Å². The van der Waals surface area contributed by atoms with Crippen molar-refractivity contribution in [1.29, 1.82) is 0 Å². The van der Waals surface area contributed by atoms with Gasteiger partial charge in [0.05, 0.1) is 6.54 Å². The Balaban J connectivity index is 1.94. The van der Waals surface area contributed by atoms with Crippen LogP contribution in [-0.4, -0.2) is 18.3 Å². The van der Waals surface area contributed by atoms with Gasteiger partial charge >= 0.3 is 0 Å². The molecule has 0 saturated carbocycles. The Morgan fingerprint density at radius 1 is 1.42 bits per heavy atom. The van der Waals surface area contributed by atoms with Crippen LogP contribution in [0.4, 0.5) is 0 Å². The van der Waals surface area contributed by atoms with Crippen LogP contribution in [-0.2, 0) is 0 Å². The number of hydrogen-bond donors (Lipinski definition) is 1. The molecule has 1 saturated heterocycles. The minimum atomic E-state index is 0.850. The third-order valence-electron chi connectivity index (χ3n) is 1.73. The van der Waals surface area contributed by atoms with Gasteiger partial charge in [0.25, 0.3) is 0 Å². The van der Waals surface area contributed by atoms with Gasteiger partial charge in [0.2, 0.25) is 0 Å². The van der Waals surface area contributed by atoms with E-state index in [9.17, 15) is 0 Å². The van der Waals surface area contributed by atoms with Gasteiger partial charge < -0.3 is 4.84 Å². The fraction of sp³-hybridized carbons (Fsp3) is 0.333. The van der Waals surface area contributed by atoms with Crippen LogP contribution >= 0.6 is 0 Å². The van der Waals surface area contributed by atoms with Crippen molar-refractivity contribution < 1.29 is 4.84 Å². The highest BCUT2D eigenvalue weighted by molar-refractivity contribution is 5.19. The standard InChI is InChI=1S/C9H11N2O/c1-2-5-9(6-3-1)12-11-8-4-7-10-11/h2-3,5-6,10H,4,7-8H2. The summed E-state index contributed by atoms with van der Waals surface area (Å²) < 4.78 is 0. The minimum Gasteiger partial charge on any atom is -0.391 e. The number of benzene rings is 1. The first-order chi connectivity index (χ1) is 5.95. The number of rotatable bonds is 2. The molecule has 1 N–H and O–H groups in total. The fourth-order valence-corrected chi connectivity index (χ4v) is 1.14. The third-order valence-corrected chi connectivity index (χ3v) is 1.73. The average Bonchev–Trinajstić information content (AvgIpc) is 2.59. The van der Waals surface area contributed by atoms with Gasteiger partial charge in [-0.15, -0.1) is 0 Å².